The predicted octanol–water partition coefficient (Wildman–Crippen LogP) is 8.62. The van der Waals surface area contributed by atoms with E-state index in [1.807, 2.05) is 86.2 Å². The second kappa shape index (κ2) is 20.2. The number of hydrogen-bond acceptors (Lipinski definition) is 10. The van der Waals surface area contributed by atoms with Crippen molar-refractivity contribution >= 4 is 57.0 Å². The Morgan fingerprint density at radius 3 is 1.92 bits per heavy atom. The summed E-state index contributed by atoms with van der Waals surface area (Å²) in [7, 11) is 3.69. The highest BCUT2D eigenvalue weighted by Crippen LogP contribution is 2.31. The van der Waals surface area contributed by atoms with E-state index in [0.29, 0.717) is 24.7 Å². The van der Waals surface area contributed by atoms with Crippen molar-refractivity contribution < 1.29 is 14.3 Å². The lowest BCUT2D eigenvalue weighted by atomic mass is 10.1. The summed E-state index contributed by atoms with van der Waals surface area (Å²) in [4.78, 5) is 15.5. The Kier molecular flexibility index (Phi) is 15.5. The minimum atomic E-state index is 0.0234. The molecular weight excluding hydrogens is 761 g/mol. The van der Waals surface area contributed by atoms with Crippen LogP contribution in [0.1, 0.15) is 18.1 Å². The van der Waals surface area contributed by atoms with Crippen LogP contribution in [-0.4, -0.2) is 57.4 Å². The summed E-state index contributed by atoms with van der Waals surface area (Å²) >= 11 is 6.87. The van der Waals surface area contributed by atoms with Crippen LogP contribution in [0.2, 0.25) is 0 Å². The van der Waals surface area contributed by atoms with Crippen LogP contribution >= 0.6 is 39.5 Å². The van der Waals surface area contributed by atoms with Crippen molar-refractivity contribution in [3.05, 3.63) is 125 Å². The van der Waals surface area contributed by atoms with E-state index in [1.165, 1.54) is 9.79 Å². The summed E-state index contributed by atoms with van der Waals surface area (Å²) < 4.78 is 14.7. The van der Waals surface area contributed by atoms with Crippen molar-refractivity contribution in [2.75, 3.05) is 38.1 Å². The first kappa shape index (κ1) is 39.9. The van der Waals surface area contributed by atoms with Crippen molar-refractivity contribution in [1.29, 1.82) is 0 Å². The van der Waals surface area contributed by atoms with Crippen LogP contribution in [0.25, 0.3) is 5.69 Å². The second-order valence-corrected chi connectivity index (χ2v) is 13.9. The molecule has 6 rings (SSSR count). The maximum Gasteiger partial charge on any atom is 0.219 e. The van der Waals surface area contributed by atoms with Gasteiger partial charge in [0.15, 0.2) is 0 Å². The molecule has 2 heterocycles. The van der Waals surface area contributed by atoms with Crippen LogP contribution in [0.3, 0.4) is 0 Å². The average Bonchev–Trinajstić information content (AvgIpc) is 3.82. The number of aromatic amines is 1. The number of carbonyl (C=O) groups is 1. The molecule has 0 aliphatic heterocycles. The molecule has 6 N–H and O–H groups in total. The number of halogens is 1. The molecule has 1 amide bonds. The topological polar surface area (TPSA) is 149 Å². The van der Waals surface area contributed by atoms with Crippen molar-refractivity contribution in [3.8, 4) is 28.7 Å². The number of ether oxygens (including phenoxy) is 2. The molecule has 11 nitrogen and oxygen atoms in total. The van der Waals surface area contributed by atoms with Gasteiger partial charge in [0.25, 0.3) is 0 Å². The zero-order chi connectivity index (χ0) is 37.5. The Labute approximate surface area is 321 Å². The van der Waals surface area contributed by atoms with Gasteiger partial charge in [-0.2, -0.15) is 10.2 Å². The summed E-state index contributed by atoms with van der Waals surface area (Å²) in [6.07, 6.45) is 7.55. The molecule has 0 bridgehead atoms. The Morgan fingerprint density at radius 1 is 0.865 bits per heavy atom. The average molecular weight is 804 g/mol. The van der Waals surface area contributed by atoms with E-state index < -0.39 is 0 Å². The van der Waals surface area contributed by atoms with E-state index in [1.54, 1.807) is 65.4 Å². The van der Waals surface area contributed by atoms with Gasteiger partial charge in [0.05, 0.1) is 11.9 Å². The van der Waals surface area contributed by atoms with Crippen LogP contribution in [-0.2, 0) is 17.9 Å². The number of nitrogens with zero attached hydrogens (tertiary/aromatic N) is 4. The van der Waals surface area contributed by atoms with Crippen molar-refractivity contribution in [3.63, 3.8) is 0 Å². The monoisotopic (exact) mass is 802 g/mol. The molecular formula is C38H43BrN8O3S2. The minimum Gasteiger partial charge on any atom is -0.457 e. The molecule has 0 spiro atoms. The van der Waals surface area contributed by atoms with Gasteiger partial charge < -0.3 is 31.2 Å². The third-order valence-electron chi connectivity index (χ3n) is 7.35. The van der Waals surface area contributed by atoms with E-state index in [4.69, 9.17) is 20.9 Å². The van der Waals surface area contributed by atoms with E-state index in [0.717, 1.165) is 44.3 Å². The van der Waals surface area contributed by atoms with E-state index in [-0.39, 0.29) is 5.91 Å². The number of nitrogen functional groups attached to an aromatic ring is 2. The molecule has 0 radical (unpaired) electrons. The number of hydrogen-bond donors (Lipinski definition) is 4. The van der Waals surface area contributed by atoms with Crippen molar-refractivity contribution in [2.24, 2.45) is 0 Å². The number of rotatable bonds is 11. The minimum absolute atomic E-state index is 0.0234. The fraction of sp³-hybridized carbons (Fsp3) is 0.184. The smallest absolute Gasteiger partial charge is 0.219 e. The highest BCUT2D eigenvalue weighted by Gasteiger charge is 2.11. The molecule has 14 heteroatoms. The normalized spacial score (nSPS) is 10.3. The zero-order valence-electron chi connectivity index (χ0n) is 29.7. The Morgan fingerprint density at radius 2 is 1.46 bits per heavy atom. The fourth-order valence-corrected chi connectivity index (χ4v) is 5.79. The Balaban J connectivity index is 0.000000201. The first-order chi connectivity index (χ1) is 25.1. The number of carbonyl (C=O) groups excluding carboxylic acids is 1. The first-order valence-corrected chi connectivity index (χ1v) is 19.3. The van der Waals surface area contributed by atoms with Crippen LogP contribution in [0.15, 0.2) is 124 Å². The SMILES string of the molecule is CNCc1cc(-n2ccc(N)n2)ccc1Oc1ccc(SC)cc1.CSc1ccc(Oc2ccc(Br)cc2CN(C)C(C)=O)cc1.Nc1ccn[nH]1. The van der Waals surface area contributed by atoms with Gasteiger partial charge in [-0.25, -0.2) is 4.68 Å². The standard InChI is InChI=1S/C18H20N4OS.C17H18BrNO2S.C3H5N3/c1-20-12-13-11-14(22-10-9-18(19)21-22)3-8-17(13)23-15-4-6-16(24-2)7-5-15;1-12(20)19(2)11-13-10-14(18)4-9-17(13)21-15-5-7-16(22-3)8-6-15;4-3-1-2-5-6-3/h3-11,20H,12H2,1-2H3,(H2,19,21);4-10H,11H2,1-3H3;1-2H,(H3,4,5,6). The molecule has 0 fully saturated rings. The molecule has 0 aliphatic rings. The molecule has 2 aromatic heterocycles. The van der Waals surface area contributed by atoms with E-state index in [2.05, 4.69) is 61.0 Å². The number of nitrogens with two attached hydrogens (primary N) is 2. The number of amides is 1. The van der Waals surface area contributed by atoms with Crippen LogP contribution in [0.5, 0.6) is 23.0 Å². The van der Waals surface area contributed by atoms with E-state index >= 15 is 0 Å². The number of anilines is 2. The first-order valence-electron chi connectivity index (χ1n) is 16.1. The van der Waals surface area contributed by atoms with Gasteiger partial charge in [-0.15, -0.1) is 23.5 Å². The summed E-state index contributed by atoms with van der Waals surface area (Å²) in [6.45, 7) is 2.76. The van der Waals surface area contributed by atoms with Gasteiger partial charge in [-0.1, -0.05) is 15.9 Å². The molecule has 0 saturated heterocycles. The summed E-state index contributed by atoms with van der Waals surface area (Å²) in [5, 5.41) is 13.5. The number of nitrogens with one attached hydrogen (secondary N) is 2. The third kappa shape index (κ3) is 12.4. The maximum atomic E-state index is 11.4. The van der Waals surface area contributed by atoms with Crippen molar-refractivity contribution in [1.82, 2.24) is 30.2 Å². The molecule has 0 saturated carbocycles. The maximum absolute atomic E-state index is 11.4. The van der Waals surface area contributed by atoms with Gasteiger partial charge >= 0.3 is 0 Å². The lowest BCUT2D eigenvalue weighted by Gasteiger charge is -2.18. The third-order valence-corrected chi connectivity index (χ3v) is 9.33. The number of H-pyrrole nitrogens is 1. The summed E-state index contributed by atoms with van der Waals surface area (Å²) in [6, 6.07) is 31.3. The zero-order valence-corrected chi connectivity index (χ0v) is 32.9. The van der Waals surface area contributed by atoms with Crippen LogP contribution in [0, 0.1) is 0 Å². The number of benzene rings is 4. The fourth-order valence-electron chi connectivity index (χ4n) is 4.56. The van der Waals surface area contributed by atoms with Crippen LogP contribution in [0.4, 0.5) is 11.6 Å². The summed E-state index contributed by atoms with van der Waals surface area (Å²) in [5.74, 6) is 4.32. The molecule has 0 aliphatic carbocycles. The predicted molar refractivity (Wildman–Crippen MR) is 217 cm³/mol. The quantitative estimate of drug-likeness (QED) is 0.0939. The molecule has 0 unspecified atom stereocenters. The molecule has 52 heavy (non-hydrogen) atoms. The molecule has 4 aromatic carbocycles. The van der Waals surface area contributed by atoms with Gasteiger partial charge in [0, 0.05) is 64.7 Å². The lowest BCUT2D eigenvalue weighted by Crippen LogP contribution is -2.23. The largest absolute Gasteiger partial charge is 0.457 e. The second-order valence-electron chi connectivity index (χ2n) is 11.2. The summed E-state index contributed by atoms with van der Waals surface area (Å²) in [5.41, 5.74) is 13.8. The highest BCUT2D eigenvalue weighted by molar-refractivity contribution is 9.10. The molecule has 6 aromatic rings. The van der Waals surface area contributed by atoms with Crippen LogP contribution < -0.4 is 26.3 Å². The van der Waals surface area contributed by atoms with E-state index in [9.17, 15) is 4.79 Å². The lowest BCUT2D eigenvalue weighted by molar-refractivity contribution is -0.128. The Bertz CT molecular complexity index is 1990. The van der Waals surface area contributed by atoms with Gasteiger partial charge in [-0.3, -0.25) is 9.89 Å². The van der Waals surface area contributed by atoms with Gasteiger partial charge in [0.1, 0.15) is 34.6 Å². The molecule has 272 valence electrons. The highest BCUT2D eigenvalue weighted by atomic mass is 79.9. The number of thioether (sulfide) groups is 2. The van der Waals surface area contributed by atoms with Gasteiger partial charge in [0.2, 0.25) is 5.91 Å². The number of aromatic nitrogens is 4. The van der Waals surface area contributed by atoms with Gasteiger partial charge in [-0.05, 0) is 111 Å². The Hall–Kier alpha value is -4.89. The molecule has 0 atom stereocenters. The van der Waals surface area contributed by atoms with Crippen molar-refractivity contribution in [2.45, 2.75) is 29.8 Å².